The molecule has 0 aliphatic heterocycles. The number of hydrogen-bond acceptors (Lipinski definition) is 9. The summed E-state index contributed by atoms with van der Waals surface area (Å²) in [5.74, 6) is -1.97. The highest BCUT2D eigenvalue weighted by molar-refractivity contribution is 7.16. The Balaban J connectivity index is 1.67. The van der Waals surface area contributed by atoms with E-state index in [1.165, 1.54) is 40.9 Å². The van der Waals surface area contributed by atoms with Crippen molar-refractivity contribution in [2.75, 3.05) is 18.5 Å². The maximum atomic E-state index is 12.4. The molecule has 0 aliphatic carbocycles. The number of amides is 1. The molecule has 3 aromatic rings. The molecule has 0 aliphatic rings. The number of aryl methyl sites for hydroxylation is 2. The van der Waals surface area contributed by atoms with Gasteiger partial charge >= 0.3 is 17.6 Å². The third-order valence-electron chi connectivity index (χ3n) is 4.76. The van der Waals surface area contributed by atoms with Crippen molar-refractivity contribution in [2.45, 2.75) is 26.8 Å². The second-order valence-electron chi connectivity index (χ2n) is 6.99. The molecule has 1 amide bonds. The number of carbonyl (C=O) groups excluding carboxylic acids is 3. The maximum Gasteiger partial charge on any atom is 0.341 e. The second-order valence-corrected chi connectivity index (χ2v) is 8.13. The van der Waals surface area contributed by atoms with Crippen LogP contribution in [-0.2, 0) is 46.1 Å². The smallest absolute Gasteiger partial charge is 0.341 e. The Morgan fingerprint density at radius 3 is 2.52 bits per heavy atom. The molecular formula is C20H23N5O7S. The molecular weight excluding hydrogens is 454 g/mol. The number of esters is 2. The molecule has 0 bridgehead atoms. The fourth-order valence-electron chi connectivity index (χ4n) is 3.08. The topological polar surface area (TPSA) is 144 Å². The van der Waals surface area contributed by atoms with E-state index in [9.17, 15) is 24.0 Å². The summed E-state index contributed by atoms with van der Waals surface area (Å²) in [5.41, 5.74) is -0.717. The van der Waals surface area contributed by atoms with Crippen molar-refractivity contribution in [2.24, 2.45) is 14.1 Å². The first kappa shape index (κ1) is 23.9. The van der Waals surface area contributed by atoms with Gasteiger partial charge in [0.2, 0.25) is 0 Å². The number of hydrogen-bond donors (Lipinski definition) is 1. The third kappa shape index (κ3) is 4.87. The van der Waals surface area contributed by atoms with E-state index in [0.29, 0.717) is 11.4 Å². The van der Waals surface area contributed by atoms with E-state index in [4.69, 9.17) is 9.47 Å². The van der Waals surface area contributed by atoms with Crippen molar-refractivity contribution in [1.29, 1.82) is 0 Å². The summed E-state index contributed by atoms with van der Waals surface area (Å²) in [6, 6.07) is 1.66. The highest BCUT2D eigenvalue weighted by Crippen LogP contribution is 2.29. The first-order valence-electron chi connectivity index (χ1n) is 10.0. The lowest BCUT2D eigenvalue weighted by atomic mass is 10.2. The summed E-state index contributed by atoms with van der Waals surface area (Å²) in [7, 11) is 2.78. The van der Waals surface area contributed by atoms with Gasteiger partial charge in [0.1, 0.15) is 11.5 Å². The number of ether oxygens (including phenoxy) is 2. The van der Waals surface area contributed by atoms with Gasteiger partial charge in [-0.3, -0.25) is 23.5 Å². The van der Waals surface area contributed by atoms with Gasteiger partial charge in [0.25, 0.3) is 11.5 Å². The second kappa shape index (κ2) is 9.81. The van der Waals surface area contributed by atoms with Gasteiger partial charge in [-0.25, -0.2) is 14.6 Å². The Morgan fingerprint density at radius 1 is 1.12 bits per heavy atom. The minimum Gasteiger partial charge on any atom is -0.462 e. The Hall–Kier alpha value is -3.74. The fraction of sp³-hybridized carbons (Fsp3) is 0.400. The Kier molecular flexibility index (Phi) is 7.11. The van der Waals surface area contributed by atoms with Crippen LogP contribution in [0.5, 0.6) is 0 Å². The molecule has 0 atom stereocenters. The number of anilines is 1. The maximum absolute atomic E-state index is 12.4. The molecule has 3 heterocycles. The van der Waals surface area contributed by atoms with Crippen molar-refractivity contribution in [3.8, 4) is 0 Å². The first-order valence-corrected chi connectivity index (χ1v) is 10.9. The summed E-state index contributed by atoms with van der Waals surface area (Å²) < 4.78 is 13.4. The number of imidazole rings is 1. The summed E-state index contributed by atoms with van der Waals surface area (Å²) >= 11 is 1.24. The number of rotatable bonds is 8. The van der Waals surface area contributed by atoms with Crippen LogP contribution in [0.4, 0.5) is 5.00 Å². The van der Waals surface area contributed by atoms with Crippen molar-refractivity contribution >= 4 is 45.3 Å². The minimum absolute atomic E-state index is 0.0609. The number of fused-ring (bicyclic) bond motifs is 1. The monoisotopic (exact) mass is 477 g/mol. The molecule has 0 aromatic carbocycles. The standard InChI is InChI=1S/C20H23N5O7S/c1-5-11-7-12(19(29)31-6-2)17(33-11)22-13(26)9-32-14(27)8-25-10-21-16-15(25)18(28)24(4)20(30)23(16)3/h7,10H,5-6,8-9H2,1-4H3,(H,22,26). The molecule has 0 fully saturated rings. The average molecular weight is 477 g/mol. The summed E-state index contributed by atoms with van der Waals surface area (Å²) in [6.07, 6.45) is 1.92. The van der Waals surface area contributed by atoms with Crippen LogP contribution in [0.15, 0.2) is 22.0 Å². The molecule has 0 unspecified atom stereocenters. The van der Waals surface area contributed by atoms with E-state index in [1.54, 1.807) is 13.0 Å². The average Bonchev–Trinajstić information content (AvgIpc) is 3.39. The van der Waals surface area contributed by atoms with Crippen LogP contribution in [0.25, 0.3) is 11.2 Å². The van der Waals surface area contributed by atoms with E-state index in [0.717, 1.165) is 9.44 Å². The van der Waals surface area contributed by atoms with Gasteiger partial charge in [0, 0.05) is 19.0 Å². The Morgan fingerprint density at radius 2 is 1.85 bits per heavy atom. The lowest BCUT2D eigenvalue weighted by Gasteiger charge is -2.08. The van der Waals surface area contributed by atoms with Crippen molar-refractivity contribution in [1.82, 2.24) is 18.7 Å². The Labute approximate surface area is 191 Å². The van der Waals surface area contributed by atoms with Crippen LogP contribution in [0.2, 0.25) is 0 Å². The van der Waals surface area contributed by atoms with Crippen LogP contribution in [0.3, 0.4) is 0 Å². The highest BCUT2D eigenvalue weighted by atomic mass is 32.1. The molecule has 0 radical (unpaired) electrons. The van der Waals surface area contributed by atoms with E-state index in [1.807, 2.05) is 6.92 Å². The summed E-state index contributed by atoms with van der Waals surface area (Å²) in [6.45, 7) is 2.82. The van der Waals surface area contributed by atoms with Crippen LogP contribution in [0, 0.1) is 0 Å². The molecule has 1 N–H and O–H groups in total. The van der Waals surface area contributed by atoms with Crippen LogP contribution in [0.1, 0.15) is 29.1 Å². The normalized spacial score (nSPS) is 10.9. The quantitative estimate of drug-likeness (QED) is 0.460. The molecule has 12 nitrogen and oxygen atoms in total. The predicted molar refractivity (Wildman–Crippen MR) is 119 cm³/mol. The van der Waals surface area contributed by atoms with Crippen molar-refractivity contribution in [3.05, 3.63) is 43.7 Å². The minimum atomic E-state index is -0.786. The van der Waals surface area contributed by atoms with Crippen LogP contribution in [-0.4, -0.2) is 49.7 Å². The Bertz CT molecular complexity index is 1350. The third-order valence-corrected chi connectivity index (χ3v) is 5.96. The highest BCUT2D eigenvalue weighted by Gasteiger charge is 2.20. The van der Waals surface area contributed by atoms with Gasteiger partial charge in [0.15, 0.2) is 17.8 Å². The van der Waals surface area contributed by atoms with Gasteiger partial charge in [0.05, 0.1) is 18.5 Å². The SMILES string of the molecule is CCOC(=O)c1cc(CC)sc1NC(=O)COC(=O)Cn1cnc2c1c(=O)n(C)c(=O)n2C. The number of aromatic nitrogens is 4. The number of thiophene rings is 1. The van der Waals surface area contributed by atoms with Crippen LogP contribution < -0.4 is 16.6 Å². The first-order chi connectivity index (χ1) is 15.7. The molecule has 0 saturated carbocycles. The molecule has 33 heavy (non-hydrogen) atoms. The van der Waals surface area contributed by atoms with E-state index < -0.39 is 35.7 Å². The zero-order valence-corrected chi connectivity index (χ0v) is 19.4. The van der Waals surface area contributed by atoms with Gasteiger partial charge < -0.3 is 19.4 Å². The largest absolute Gasteiger partial charge is 0.462 e. The summed E-state index contributed by atoms with van der Waals surface area (Å²) in [4.78, 5) is 66.0. The molecule has 0 saturated heterocycles. The predicted octanol–water partition coefficient (Wildman–Crippen LogP) is 0.416. The van der Waals surface area contributed by atoms with E-state index >= 15 is 0 Å². The van der Waals surface area contributed by atoms with Gasteiger partial charge in [-0.15, -0.1) is 11.3 Å². The fourth-order valence-corrected chi connectivity index (χ4v) is 4.08. The molecule has 176 valence electrons. The molecule has 3 aromatic heterocycles. The van der Waals surface area contributed by atoms with Gasteiger partial charge in [-0.1, -0.05) is 6.92 Å². The molecule has 0 spiro atoms. The zero-order valence-electron chi connectivity index (χ0n) is 18.5. The zero-order chi connectivity index (χ0) is 24.3. The van der Waals surface area contributed by atoms with E-state index in [-0.39, 0.29) is 29.9 Å². The number of nitrogens with zero attached hydrogens (tertiary/aromatic N) is 4. The number of carbonyl (C=O) groups is 3. The van der Waals surface area contributed by atoms with Crippen molar-refractivity contribution < 1.29 is 23.9 Å². The lowest BCUT2D eigenvalue weighted by molar-refractivity contribution is -0.147. The summed E-state index contributed by atoms with van der Waals surface area (Å²) in [5, 5.41) is 2.89. The molecule has 13 heteroatoms. The van der Waals surface area contributed by atoms with Crippen molar-refractivity contribution in [3.63, 3.8) is 0 Å². The lowest BCUT2D eigenvalue weighted by Crippen LogP contribution is -2.37. The number of nitrogens with one attached hydrogen (secondary N) is 1. The van der Waals surface area contributed by atoms with E-state index in [2.05, 4.69) is 10.3 Å². The van der Waals surface area contributed by atoms with Gasteiger partial charge in [-0.2, -0.15) is 0 Å². The van der Waals surface area contributed by atoms with Gasteiger partial charge in [-0.05, 0) is 19.4 Å². The molecule has 3 rings (SSSR count). The van der Waals surface area contributed by atoms with Crippen LogP contribution >= 0.6 is 11.3 Å².